The summed E-state index contributed by atoms with van der Waals surface area (Å²) in [5.74, 6) is 0. The zero-order valence-electron chi connectivity index (χ0n) is 5.84. The van der Waals surface area contributed by atoms with Gasteiger partial charge in [-0.1, -0.05) is 38.2 Å². The van der Waals surface area contributed by atoms with Gasteiger partial charge < -0.3 is 0 Å². The molecule has 0 aliphatic carbocycles. The van der Waals surface area contributed by atoms with E-state index in [0.717, 1.165) is 19.3 Å². The Bertz CT molecular complexity index is 80.0. The Labute approximate surface area is 58.3 Å². The molecule has 0 heterocycles. The van der Waals surface area contributed by atoms with E-state index in [4.69, 9.17) is 6.58 Å². The Morgan fingerprint density at radius 3 is 2.67 bits per heavy atom. The van der Waals surface area contributed by atoms with Crippen molar-refractivity contribution < 1.29 is 0 Å². The minimum Gasteiger partial charge on any atom is -0.0882 e. The van der Waals surface area contributed by atoms with Gasteiger partial charge in [0.1, 0.15) is 0 Å². The molecule has 9 heavy (non-hydrogen) atoms. The highest BCUT2D eigenvalue weighted by molar-refractivity contribution is 4.86. The van der Waals surface area contributed by atoms with Crippen LogP contribution in [0.25, 0.3) is 0 Å². The van der Waals surface area contributed by atoms with Crippen LogP contribution in [0.5, 0.6) is 0 Å². The van der Waals surface area contributed by atoms with Crippen LogP contribution in [0.15, 0.2) is 18.2 Å². The minimum atomic E-state index is 0.886. The molecule has 0 N–H and O–H groups in total. The van der Waals surface area contributed by atoms with E-state index in [2.05, 4.69) is 19.1 Å². The molecule has 0 saturated carbocycles. The highest BCUT2D eigenvalue weighted by atomic mass is 13.8. The molecular formula is C9H14. The third-order valence-electron chi connectivity index (χ3n) is 1.06. The quantitative estimate of drug-likeness (QED) is 0.388. The van der Waals surface area contributed by atoms with Crippen LogP contribution in [0.1, 0.15) is 25.7 Å². The van der Waals surface area contributed by atoms with Gasteiger partial charge in [-0.3, -0.25) is 0 Å². The molecule has 0 nitrogen and oxygen atoms in total. The highest BCUT2D eigenvalue weighted by Crippen LogP contribution is 1.95. The van der Waals surface area contributed by atoms with Gasteiger partial charge in [0.15, 0.2) is 0 Å². The maximum Gasteiger partial charge on any atom is -0.0166 e. The van der Waals surface area contributed by atoms with Crippen LogP contribution < -0.4 is 0 Å². The number of hydrogen-bond donors (Lipinski definition) is 0. The predicted molar refractivity (Wildman–Crippen MR) is 41.8 cm³/mol. The Hall–Kier alpha value is -0.520. The van der Waals surface area contributed by atoms with Gasteiger partial charge in [-0.25, -0.2) is 0 Å². The van der Waals surface area contributed by atoms with Crippen LogP contribution in [0.2, 0.25) is 0 Å². The third-order valence-corrected chi connectivity index (χ3v) is 1.06. The lowest BCUT2D eigenvalue weighted by Gasteiger charge is -1.85. The molecule has 2 radical (unpaired) electrons. The average Bonchev–Trinajstić information content (AvgIpc) is 1.89. The van der Waals surface area contributed by atoms with Crippen LogP contribution in [0.4, 0.5) is 0 Å². The van der Waals surface area contributed by atoms with E-state index < -0.39 is 0 Å². The average molecular weight is 122 g/mol. The van der Waals surface area contributed by atoms with Crippen LogP contribution in [0, 0.1) is 13.5 Å². The lowest BCUT2D eigenvalue weighted by molar-refractivity contribution is 0.864. The fourth-order valence-corrected chi connectivity index (χ4v) is 0.555. The Kier molecular flexibility index (Phi) is 7.05. The third kappa shape index (κ3) is 7.48. The summed E-state index contributed by atoms with van der Waals surface area (Å²) in [6.07, 6.45) is 10.1. The lowest BCUT2D eigenvalue weighted by Crippen LogP contribution is -1.66. The van der Waals surface area contributed by atoms with Crippen molar-refractivity contribution in [1.29, 1.82) is 0 Å². The molecule has 0 aliphatic heterocycles. The standard InChI is InChI=1S/C9H14/c1-3-5-7-9-8-6-4-2/h1,3,7,9H,2,4-6,8H2. The van der Waals surface area contributed by atoms with Gasteiger partial charge in [0.2, 0.25) is 0 Å². The van der Waals surface area contributed by atoms with Gasteiger partial charge in [-0.05, 0) is 19.3 Å². The molecule has 0 unspecified atom stereocenters. The molecule has 0 aromatic carbocycles. The van der Waals surface area contributed by atoms with Crippen molar-refractivity contribution in [3.63, 3.8) is 0 Å². The first-order valence-corrected chi connectivity index (χ1v) is 3.39. The summed E-state index contributed by atoms with van der Waals surface area (Å²) in [6, 6.07) is 0. The van der Waals surface area contributed by atoms with E-state index in [1.54, 1.807) is 6.08 Å². The maximum atomic E-state index is 5.15. The summed E-state index contributed by atoms with van der Waals surface area (Å²) in [6.45, 7) is 8.89. The zero-order chi connectivity index (χ0) is 6.95. The summed E-state index contributed by atoms with van der Waals surface area (Å²) in [5.41, 5.74) is 0. The van der Waals surface area contributed by atoms with Crippen LogP contribution >= 0.6 is 0 Å². The van der Waals surface area contributed by atoms with Crippen molar-refractivity contribution in [2.45, 2.75) is 25.7 Å². The number of rotatable bonds is 5. The molecule has 0 atom stereocenters. The first-order valence-electron chi connectivity index (χ1n) is 3.39. The molecule has 0 aromatic heterocycles. The summed E-state index contributed by atoms with van der Waals surface area (Å²) in [7, 11) is 0. The molecule has 0 heteroatoms. The predicted octanol–water partition coefficient (Wildman–Crippen LogP) is 2.93. The van der Waals surface area contributed by atoms with Crippen molar-refractivity contribution in [2.75, 3.05) is 0 Å². The molecule has 50 valence electrons. The largest absolute Gasteiger partial charge is 0.0882 e. The zero-order valence-corrected chi connectivity index (χ0v) is 5.84. The molecule has 0 spiro atoms. The highest BCUT2D eigenvalue weighted by Gasteiger charge is 1.75. The number of allylic oxidation sites excluding steroid dienone is 3. The fraction of sp³-hybridized carbons (Fsp3) is 0.444. The van der Waals surface area contributed by atoms with Crippen molar-refractivity contribution in [1.82, 2.24) is 0 Å². The van der Waals surface area contributed by atoms with Gasteiger partial charge in [0.05, 0.1) is 0 Å². The van der Waals surface area contributed by atoms with E-state index >= 15 is 0 Å². The van der Waals surface area contributed by atoms with E-state index in [-0.39, 0.29) is 0 Å². The van der Waals surface area contributed by atoms with Gasteiger partial charge in [0, 0.05) is 0 Å². The van der Waals surface area contributed by atoms with Crippen molar-refractivity contribution in [3.05, 3.63) is 31.7 Å². The van der Waals surface area contributed by atoms with Gasteiger partial charge in [-0.15, -0.1) is 0 Å². The van der Waals surface area contributed by atoms with Gasteiger partial charge >= 0.3 is 0 Å². The van der Waals surface area contributed by atoms with Crippen LogP contribution in [-0.2, 0) is 0 Å². The number of hydrogen-bond acceptors (Lipinski definition) is 0. The Morgan fingerprint density at radius 1 is 1.33 bits per heavy atom. The van der Waals surface area contributed by atoms with Crippen molar-refractivity contribution in [2.24, 2.45) is 0 Å². The Morgan fingerprint density at radius 2 is 2.11 bits per heavy atom. The smallest absolute Gasteiger partial charge is 0.0166 e. The summed E-state index contributed by atoms with van der Waals surface area (Å²) in [5, 5.41) is 0. The molecule has 0 rings (SSSR count). The van der Waals surface area contributed by atoms with E-state index in [9.17, 15) is 0 Å². The first-order chi connectivity index (χ1) is 4.41. The summed E-state index contributed by atoms with van der Waals surface area (Å²) in [4.78, 5) is 0. The van der Waals surface area contributed by atoms with Crippen LogP contribution in [0.3, 0.4) is 0 Å². The van der Waals surface area contributed by atoms with Gasteiger partial charge in [-0.2, -0.15) is 0 Å². The fourth-order valence-electron chi connectivity index (χ4n) is 0.555. The molecular weight excluding hydrogens is 108 g/mol. The molecule has 0 aliphatic rings. The van der Waals surface area contributed by atoms with Crippen LogP contribution in [-0.4, -0.2) is 0 Å². The van der Waals surface area contributed by atoms with E-state index in [0.29, 0.717) is 0 Å². The number of unbranched alkanes of at least 4 members (excludes halogenated alkanes) is 2. The molecule has 0 amide bonds. The molecule has 0 fully saturated rings. The van der Waals surface area contributed by atoms with E-state index in [1.165, 1.54) is 6.42 Å². The second kappa shape index (κ2) is 7.48. The normalized spacial score (nSPS) is 10.3. The molecule has 0 saturated heterocycles. The van der Waals surface area contributed by atoms with E-state index in [1.807, 2.05) is 0 Å². The summed E-state index contributed by atoms with van der Waals surface area (Å²) < 4.78 is 0. The van der Waals surface area contributed by atoms with Gasteiger partial charge in [0.25, 0.3) is 0 Å². The minimum absolute atomic E-state index is 0.886. The first kappa shape index (κ1) is 8.48. The SMILES string of the molecule is [CH]=CCC=CCCC[CH2]. The molecule has 0 bridgehead atoms. The Balaban J connectivity index is 2.94. The van der Waals surface area contributed by atoms with Crippen molar-refractivity contribution in [3.8, 4) is 0 Å². The topological polar surface area (TPSA) is 0 Å². The maximum absolute atomic E-state index is 5.15. The second-order valence-corrected chi connectivity index (χ2v) is 1.94. The second-order valence-electron chi connectivity index (χ2n) is 1.94. The van der Waals surface area contributed by atoms with Crippen molar-refractivity contribution >= 4 is 0 Å². The summed E-state index contributed by atoms with van der Waals surface area (Å²) >= 11 is 0. The lowest BCUT2D eigenvalue weighted by atomic mass is 10.2. The monoisotopic (exact) mass is 122 g/mol. The molecule has 0 aromatic rings.